The van der Waals surface area contributed by atoms with Crippen LogP contribution in [-0.2, 0) is 0 Å². The molecule has 0 aliphatic carbocycles. The molecule has 106 valence electrons. The van der Waals surface area contributed by atoms with Crippen LogP contribution in [0.1, 0.15) is 25.5 Å². The minimum absolute atomic E-state index is 0.289. The minimum Gasteiger partial charge on any atom is -0.377 e. The molecule has 3 aromatic rings. The highest BCUT2D eigenvalue weighted by Gasteiger charge is 2.16. The maximum atomic E-state index is 4.43. The van der Waals surface area contributed by atoms with Crippen molar-refractivity contribution in [3.8, 4) is 0 Å². The molecule has 2 nitrogen and oxygen atoms in total. The van der Waals surface area contributed by atoms with E-state index in [1.165, 1.54) is 10.9 Å². The van der Waals surface area contributed by atoms with Crippen LogP contribution in [0.15, 0.2) is 66.9 Å². The molecule has 0 saturated heterocycles. The van der Waals surface area contributed by atoms with Crippen molar-refractivity contribution in [3.63, 3.8) is 0 Å². The fourth-order valence-electron chi connectivity index (χ4n) is 2.69. The lowest BCUT2D eigenvalue weighted by molar-refractivity contribution is 0.547. The molecule has 0 spiro atoms. The van der Waals surface area contributed by atoms with Crippen LogP contribution in [0, 0.1) is 5.92 Å². The molecule has 1 unspecified atom stereocenters. The van der Waals surface area contributed by atoms with Crippen molar-refractivity contribution in [1.29, 1.82) is 0 Å². The van der Waals surface area contributed by atoms with Crippen LogP contribution in [-0.4, -0.2) is 4.98 Å². The number of benzene rings is 2. The molecule has 1 aromatic heterocycles. The van der Waals surface area contributed by atoms with Crippen molar-refractivity contribution < 1.29 is 0 Å². The maximum absolute atomic E-state index is 4.43. The zero-order chi connectivity index (χ0) is 14.7. The molecule has 0 amide bonds. The van der Waals surface area contributed by atoms with Crippen LogP contribution >= 0.6 is 0 Å². The third-order valence-electron chi connectivity index (χ3n) is 3.78. The van der Waals surface area contributed by atoms with E-state index in [1.54, 1.807) is 0 Å². The van der Waals surface area contributed by atoms with Crippen LogP contribution in [0.3, 0.4) is 0 Å². The van der Waals surface area contributed by atoms with Gasteiger partial charge in [-0.05, 0) is 35.7 Å². The molecule has 2 aromatic carbocycles. The molecule has 1 N–H and O–H groups in total. The van der Waals surface area contributed by atoms with Crippen molar-refractivity contribution in [2.75, 3.05) is 5.32 Å². The predicted molar refractivity (Wildman–Crippen MR) is 89.4 cm³/mol. The standard InChI is InChI=1S/C19H20N2/c1-14(2)19(15-8-4-3-5-9-15)21-18-12-6-11-17-16(18)10-7-13-20-17/h3-14,19,21H,1-2H3. The highest BCUT2D eigenvalue weighted by Crippen LogP contribution is 2.30. The fraction of sp³-hybridized carbons (Fsp3) is 0.211. The van der Waals surface area contributed by atoms with Crippen LogP contribution in [0.5, 0.6) is 0 Å². The summed E-state index contributed by atoms with van der Waals surface area (Å²) in [5, 5.41) is 4.87. The summed E-state index contributed by atoms with van der Waals surface area (Å²) in [5.41, 5.74) is 3.48. The third kappa shape index (κ3) is 2.89. The Labute approximate surface area is 125 Å². The first-order valence-corrected chi connectivity index (χ1v) is 7.41. The monoisotopic (exact) mass is 276 g/mol. The van der Waals surface area contributed by atoms with Crippen LogP contribution in [0.4, 0.5) is 5.69 Å². The van der Waals surface area contributed by atoms with Gasteiger partial charge in [-0.25, -0.2) is 0 Å². The highest BCUT2D eigenvalue weighted by atomic mass is 14.9. The van der Waals surface area contributed by atoms with Crippen molar-refractivity contribution in [1.82, 2.24) is 4.98 Å². The van der Waals surface area contributed by atoms with Crippen molar-refractivity contribution in [2.45, 2.75) is 19.9 Å². The Morgan fingerprint density at radius 1 is 0.857 bits per heavy atom. The van der Waals surface area contributed by atoms with E-state index in [2.05, 4.69) is 72.7 Å². The molecule has 3 rings (SSSR count). The van der Waals surface area contributed by atoms with E-state index in [1.807, 2.05) is 18.3 Å². The summed E-state index contributed by atoms with van der Waals surface area (Å²) in [6.45, 7) is 4.49. The van der Waals surface area contributed by atoms with E-state index in [9.17, 15) is 0 Å². The summed E-state index contributed by atoms with van der Waals surface area (Å²) in [7, 11) is 0. The highest BCUT2D eigenvalue weighted by molar-refractivity contribution is 5.91. The van der Waals surface area contributed by atoms with Gasteiger partial charge >= 0.3 is 0 Å². The van der Waals surface area contributed by atoms with E-state index < -0.39 is 0 Å². The Hall–Kier alpha value is -2.35. The molecule has 0 aliphatic rings. The van der Waals surface area contributed by atoms with Crippen LogP contribution in [0.2, 0.25) is 0 Å². The van der Waals surface area contributed by atoms with Crippen LogP contribution in [0.25, 0.3) is 10.9 Å². The summed E-state index contributed by atoms with van der Waals surface area (Å²) in [5.74, 6) is 0.499. The zero-order valence-corrected chi connectivity index (χ0v) is 12.5. The molecule has 0 radical (unpaired) electrons. The number of hydrogen-bond donors (Lipinski definition) is 1. The quantitative estimate of drug-likeness (QED) is 0.721. The number of pyridine rings is 1. The summed E-state index contributed by atoms with van der Waals surface area (Å²) in [6, 6.07) is 21.2. The number of anilines is 1. The van der Waals surface area contributed by atoms with Gasteiger partial charge in [0.05, 0.1) is 11.6 Å². The van der Waals surface area contributed by atoms with E-state index in [4.69, 9.17) is 0 Å². The summed E-state index contributed by atoms with van der Waals surface area (Å²) in [4.78, 5) is 4.43. The van der Waals surface area contributed by atoms with Gasteiger partial charge in [0, 0.05) is 17.3 Å². The van der Waals surface area contributed by atoms with Gasteiger partial charge in [0.2, 0.25) is 0 Å². The lowest BCUT2D eigenvalue weighted by atomic mass is 9.95. The number of aromatic nitrogens is 1. The number of hydrogen-bond acceptors (Lipinski definition) is 2. The lowest BCUT2D eigenvalue weighted by Crippen LogP contribution is -2.16. The molecular weight excluding hydrogens is 256 g/mol. The first-order valence-electron chi connectivity index (χ1n) is 7.41. The van der Waals surface area contributed by atoms with Crippen molar-refractivity contribution >= 4 is 16.6 Å². The lowest BCUT2D eigenvalue weighted by Gasteiger charge is -2.25. The Morgan fingerprint density at radius 2 is 1.67 bits per heavy atom. The number of nitrogens with one attached hydrogen (secondary N) is 1. The van der Waals surface area contributed by atoms with Gasteiger partial charge in [-0.2, -0.15) is 0 Å². The number of nitrogens with zero attached hydrogens (tertiary/aromatic N) is 1. The first kappa shape index (κ1) is 13.6. The normalized spacial score (nSPS) is 12.5. The predicted octanol–water partition coefficient (Wildman–Crippen LogP) is 5.04. The maximum Gasteiger partial charge on any atom is 0.0722 e. The molecule has 2 heteroatoms. The zero-order valence-electron chi connectivity index (χ0n) is 12.5. The first-order chi connectivity index (χ1) is 10.3. The Morgan fingerprint density at radius 3 is 2.43 bits per heavy atom. The Bertz CT molecular complexity index is 714. The average molecular weight is 276 g/mol. The molecular formula is C19H20N2. The van der Waals surface area contributed by atoms with Gasteiger partial charge in [0.1, 0.15) is 0 Å². The third-order valence-corrected chi connectivity index (χ3v) is 3.78. The second-order valence-electron chi connectivity index (χ2n) is 5.65. The van der Waals surface area contributed by atoms with Crippen molar-refractivity contribution in [2.24, 2.45) is 5.92 Å². The Balaban J connectivity index is 1.99. The molecule has 0 aliphatic heterocycles. The Kier molecular flexibility index (Phi) is 3.87. The molecule has 0 fully saturated rings. The molecule has 0 bridgehead atoms. The molecule has 0 saturated carbocycles. The second kappa shape index (κ2) is 5.96. The number of fused-ring (bicyclic) bond motifs is 1. The summed E-state index contributed by atoms with van der Waals surface area (Å²) >= 11 is 0. The average Bonchev–Trinajstić information content (AvgIpc) is 2.53. The van der Waals surface area contributed by atoms with Gasteiger partial charge in [-0.15, -0.1) is 0 Å². The van der Waals surface area contributed by atoms with E-state index in [-0.39, 0.29) is 6.04 Å². The minimum atomic E-state index is 0.289. The van der Waals surface area contributed by atoms with Gasteiger partial charge in [-0.3, -0.25) is 4.98 Å². The van der Waals surface area contributed by atoms with E-state index in [0.29, 0.717) is 5.92 Å². The van der Waals surface area contributed by atoms with Gasteiger partial charge in [0.15, 0.2) is 0 Å². The molecule has 1 heterocycles. The molecule has 21 heavy (non-hydrogen) atoms. The smallest absolute Gasteiger partial charge is 0.0722 e. The molecule has 1 atom stereocenters. The van der Waals surface area contributed by atoms with Gasteiger partial charge in [0.25, 0.3) is 0 Å². The SMILES string of the molecule is CC(C)C(Nc1cccc2ncccc12)c1ccccc1. The number of rotatable bonds is 4. The van der Waals surface area contributed by atoms with E-state index in [0.717, 1.165) is 11.2 Å². The largest absolute Gasteiger partial charge is 0.377 e. The topological polar surface area (TPSA) is 24.9 Å². The second-order valence-corrected chi connectivity index (χ2v) is 5.65. The van der Waals surface area contributed by atoms with Gasteiger partial charge < -0.3 is 5.32 Å². The van der Waals surface area contributed by atoms with Crippen LogP contribution < -0.4 is 5.32 Å². The van der Waals surface area contributed by atoms with Gasteiger partial charge in [-0.1, -0.05) is 50.2 Å². The van der Waals surface area contributed by atoms with Crippen molar-refractivity contribution in [3.05, 3.63) is 72.4 Å². The fourth-order valence-corrected chi connectivity index (χ4v) is 2.69. The summed E-state index contributed by atoms with van der Waals surface area (Å²) < 4.78 is 0. The van der Waals surface area contributed by atoms with E-state index >= 15 is 0 Å². The summed E-state index contributed by atoms with van der Waals surface area (Å²) in [6.07, 6.45) is 1.84.